The Kier molecular flexibility index (Phi) is 2.31. The molecule has 54 valence electrons. The Labute approximate surface area is 57.7 Å². The van der Waals surface area contributed by atoms with Crippen LogP contribution in [-0.2, 0) is 6.42 Å². The molecule has 0 aromatic carbocycles. The number of nitrogens with zero attached hydrogens (tertiary/aromatic N) is 1. The van der Waals surface area contributed by atoms with E-state index in [0.717, 1.165) is 0 Å². The van der Waals surface area contributed by atoms with Gasteiger partial charge in [0.05, 0.1) is 0 Å². The third kappa shape index (κ3) is 2.09. The van der Waals surface area contributed by atoms with Crippen LogP contribution in [0.4, 0.5) is 8.78 Å². The van der Waals surface area contributed by atoms with Crippen molar-refractivity contribution in [1.29, 1.82) is 0 Å². The topological polar surface area (TPSA) is 12.9 Å². The lowest BCUT2D eigenvalue weighted by molar-refractivity contribution is 0.149. The SMILES string of the molecule is FC(F)Cc1ccncc1. The van der Waals surface area contributed by atoms with Crippen LogP contribution in [-0.4, -0.2) is 11.4 Å². The van der Waals surface area contributed by atoms with Gasteiger partial charge in [-0.15, -0.1) is 0 Å². The average molecular weight is 143 g/mol. The van der Waals surface area contributed by atoms with Gasteiger partial charge in [0.2, 0.25) is 6.43 Å². The highest BCUT2D eigenvalue weighted by Crippen LogP contribution is 2.04. The van der Waals surface area contributed by atoms with Crippen molar-refractivity contribution in [2.45, 2.75) is 12.8 Å². The standard InChI is InChI=1S/C7H7F2N/c8-7(9)5-6-1-3-10-4-2-6/h1-4,7H,5H2. The van der Waals surface area contributed by atoms with E-state index in [1.165, 1.54) is 12.4 Å². The average Bonchev–Trinajstić information content (AvgIpc) is 1.88. The Hall–Kier alpha value is -0.990. The molecule has 0 spiro atoms. The van der Waals surface area contributed by atoms with Crippen molar-refractivity contribution in [3.8, 4) is 0 Å². The minimum atomic E-state index is -2.26. The first-order valence-corrected chi connectivity index (χ1v) is 2.96. The summed E-state index contributed by atoms with van der Waals surface area (Å²) in [7, 11) is 0. The van der Waals surface area contributed by atoms with Gasteiger partial charge in [0, 0.05) is 18.8 Å². The first kappa shape index (κ1) is 7.12. The summed E-state index contributed by atoms with van der Waals surface area (Å²) in [5.74, 6) is 0. The monoisotopic (exact) mass is 143 g/mol. The van der Waals surface area contributed by atoms with Crippen molar-refractivity contribution in [3.63, 3.8) is 0 Å². The van der Waals surface area contributed by atoms with E-state index < -0.39 is 6.43 Å². The largest absolute Gasteiger partial charge is 0.265 e. The number of pyridine rings is 1. The highest BCUT2D eigenvalue weighted by molar-refractivity contribution is 5.09. The summed E-state index contributed by atoms with van der Waals surface area (Å²) in [5.41, 5.74) is 0.630. The molecule has 0 aliphatic carbocycles. The molecule has 0 N–H and O–H groups in total. The Morgan fingerprint density at radius 2 is 1.90 bits per heavy atom. The Morgan fingerprint density at radius 1 is 1.30 bits per heavy atom. The lowest BCUT2D eigenvalue weighted by Crippen LogP contribution is -1.95. The number of alkyl halides is 2. The van der Waals surface area contributed by atoms with Crippen LogP contribution >= 0.6 is 0 Å². The van der Waals surface area contributed by atoms with E-state index >= 15 is 0 Å². The highest BCUT2D eigenvalue weighted by Gasteiger charge is 2.02. The van der Waals surface area contributed by atoms with Crippen molar-refractivity contribution in [3.05, 3.63) is 30.1 Å². The molecule has 1 heterocycles. The molecule has 1 aromatic heterocycles. The first-order chi connectivity index (χ1) is 4.79. The van der Waals surface area contributed by atoms with Crippen LogP contribution in [0.3, 0.4) is 0 Å². The molecule has 0 saturated carbocycles. The number of hydrogen-bond donors (Lipinski definition) is 0. The molecule has 0 aliphatic heterocycles. The second-order valence-corrected chi connectivity index (χ2v) is 1.95. The van der Waals surface area contributed by atoms with Gasteiger partial charge in [0.25, 0.3) is 0 Å². The zero-order chi connectivity index (χ0) is 7.40. The fraction of sp³-hybridized carbons (Fsp3) is 0.286. The van der Waals surface area contributed by atoms with E-state index in [2.05, 4.69) is 4.98 Å². The predicted octanol–water partition coefficient (Wildman–Crippen LogP) is 1.89. The summed E-state index contributed by atoms with van der Waals surface area (Å²) in [5, 5.41) is 0. The van der Waals surface area contributed by atoms with E-state index in [-0.39, 0.29) is 6.42 Å². The molecule has 1 aromatic rings. The summed E-state index contributed by atoms with van der Waals surface area (Å²) in [6, 6.07) is 3.18. The van der Waals surface area contributed by atoms with Gasteiger partial charge in [-0.2, -0.15) is 0 Å². The molecular formula is C7H7F2N. The van der Waals surface area contributed by atoms with Gasteiger partial charge in [-0.1, -0.05) is 0 Å². The molecule has 0 bridgehead atoms. The Balaban J connectivity index is 2.59. The maximum absolute atomic E-state index is 11.7. The van der Waals surface area contributed by atoms with Crippen LogP contribution in [0.25, 0.3) is 0 Å². The van der Waals surface area contributed by atoms with Crippen molar-refractivity contribution in [2.24, 2.45) is 0 Å². The van der Waals surface area contributed by atoms with Crippen molar-refractivity contribution in [1.82, 2.24) is 4.98 Å². The van der Waals surface area contributed by atoms with Gasteiger partial charge < -0.3 is 0 Å². The van der Waals surface area contributed by atoms with Crippen LogP contribution in [0.15, 0.2) is 24.5 Å². The molecule has 0 atom stereocenters. The fourth-order valence-corrected chi connectivity index (χ4v) is 0.697. The molecule has 3 heteroatoms. The molecular weight excluding hydrogens is 136 g/mol. The highest BCUT2D eigenvalue weighted by atomic mass is 19.3. The second kappa shape index (κ2) is 3.25. The fourth-order valence-electron chi connectivity index (χ4n) is 0.697. The number of halogens is 2. The summed E-state index contributed by atoms with van der Waals surface area (Å²) in [6.45, 7) is 0. The van der Waals surface area contributed by atoms with Gasteiger partial charge in [-0.05, 0) is 17.7 Å². The molecule has 1 rings (SSSR count). The first-order valence-electron chi connectivity index (χ1n) is 2.96. The van der Waals surface area contributed by atoms with Crippen molar-refractivity contribution >= 4 is 0 Å². The summed E-state index contributed by atoms with van der Waals surface area (Å²) >= 11 is 0. The van der Waals surface area contributed by atoms with Crippen LogP contribution in [0.1, 0.15) is 5.56 Å². The zero-order valence-electron chi connectivity index (χ0n) is 5.30. The van der Waals surface area contributed by atoms with Gasteiger partial charge in [0.1, 0.15) is 0 Å². The zero-order valence-corrected chi connectivity index (χ0v) is 5.30. The second-order valence-electron chi connectivity index (χ2n) is 1.95. The van der Waals surface area contributed by atoms with E-state index in [1.54, 1.807) is 12.1 Å². The Morgan fingerprint density at radius 3 is 2.40 bits per heavy atom. The molecule has 0 aliphatic rings. The van der Waals surface area contributed by atoms with E-state index in [9.17, 15) is 8.78 Å². The van der Waals surface area contributed by atoms with Crippen LogP contribution < -0.4 is 0 Å². The van der Waals surface area contributed by atoms with Gasteiger partial charge >= 0.3 is 0 Å². The van der Waals surface area contributed by atoms with Crippen LogP contribution in [0.5, 0.6) is 0 Å². The molecule has 0 amide bonds. The molecule has 10 heavy (non-hydrogen) atoms. The lowest BCUT2D eigenvalue weighted by atomic mass is 10.2. The van der Waals surface area contributed by atoms with Crippen molar-refractivity contribution < 1.29 is 8.78 Å². The summed E-state index contributed by atoms with van der Waals surface area (Å²) in [4.78, 5) is 3.71. The summed E-state index contributed by atoms with van der Waals surface area (Å²) in [6.07, 6.45) is 0.584. The van der Waals surface area contributed by atoms with E-state index in [0.29, 0.717) is 5.56 Å². The van der Waals surface area contributed by atoms with Crippen LogP contribution in [0, 0.1) is 0 Å². The van der Waals surface area contributed by atoms with E-state index in [4.69, 9.17) is 0 Å². The van der Waals surface area contributed by atoms with Gasteiger partial charge in [-0.25, -0.2) is 8.78 Å². The molecule has 0 unspecified atom stereocenters. The third-order valence-corrected chi connectivity index (χ3v) is 1.14. The minimum absolute atomic E-state index is 0.178. The summed E-state index contributed by atoms with van der Waals surface area (Å²) < 4.78 is 23.4. The predicted molar refractivity (Wildman–Crippen MR) is 33.9 cm³/mol. The maximum atomic E-state index is 11.7. The van der Waals surface area contributed by atoms with Gasteiger partial charge in [0.15, 0.2) is 0 Å². The van der Waals surface area contributed by atoms with E-state index in [1.807, 2.05) is 0 Å². The van der Waals surface area contributed by atoms with Crippen LogP contribution in [0.2, 0.25) is 0 Å². The molecule has 0 saturated heterocycles. The Bertz CT molecular complexity index is 186. The third-order valence-electron chi connectivity index (χ3n) is 1.14. The smallest absolute Gasteiger partial charge is 0.242 e. The number of hydrogen-bond acceptors (Lipinski definition) is 1. The normalized spacial score (nSPS) is 10.3. The molecule has 0 radical (unpaired) electrons. The molecule has 0 fully saturated rings. The number of aromatic nitrogens is 1. The minimum Gasteiger partial charge on any atom is -0.265 e. The van der Waals surface area contributed by atoms with Crippen molar-refractivity contribution in [2.75, 3.05) is 0 Å². The quantitative estimate of drug-likeness (QED) is 0.616. The maximum Gasteiger partial charge on any atom is 0.242 e. The van der Waals surface area contributed by atoms with Gasteiger partial charge in [-0.3, -0.25) is 4.98 Å². The molecule has 1 nitrogen and oxygen atoms in total. The lowest BCUT2D eigenvalue weighted by Gasteiger charge is -1.96. The number of rotatable bonds is 2.